The Bertz CT molecular complexity index is 1030. The van der Waals surface area contributed by atoms with E-state index in [0.29, 0.717) is 49.6 Å². The molecule has 2 aromatic rings. The number of hydrogen-bond donors (Lipinski definition) is 0. The number of halogens is 2. The van der Waals surface area contributed by atoms with Crippen molar-refractivity contribution in [3.63, 3.8) is 0 Å². The van der Waals surface area contributed by atoms with Crippen LogP contribution in [0.15, 0.2) is 18.2 Å². The Balaban J connectivity index is 2.00. The molecule has 0 unspecified atom stereocenters. The maximum Gasteiger partial charge on any atom is 0.214 e. The first kappa shape index (κ1) is 24.9. The molecule has 9 heteroatoms. The molecule has 1 aromatic carbocycles. The molecule has 0 N–H and O–H groups in total. The molecule has 176 valence electrons. The van der Waals surface area contributed by atoms with Crippen molar-refractivity contribution in [3.8, 4) is 0 Å². The van der Waals surface area contributed by atoms with Gasteiger partial charge in [0.05, 0.1) is 5.75 Å². The van der Waals surface area contributed by atoms with E-state index in [0.717, 1.165) is 22.9 Å². The van der Waals surface area contributed by atoms with Gasteiger partial charge in [0.15, 0.2) is 0 Å². The minimum absolute atomic E-state index is 0.136. The molecular weight excluding hydrogens is 451 g/mol. The average molecular weight is 483 g/mol. The molecule has 1 aromatic heterocycles. The molecule has 1 aliphatic rings. The molecule has 1 saturated heterocycles. The van der Waals surface area contributed by atoms with Crippen LogP contribution >= 0.6 is 11.6 Å². The predicted octanol–water partition coefficient (Wildman–Crippen LogP) is 4.41. The fourth-order valence-corrected chi connectivity index (χ4v) is 5.70. The van der Waals surface area contributed by atoms with Crippen molar-refractivity contribution in [1.82, 2.24) is 14.3 Å². The Morgan fingerprint density at radius 3 is 2.34 bits per heavy atom. The molecule has 1 fully saturated rings. The molecule has 1 aliphatic heterocycles. The van der Waals surface area contributed by atoms with Crippen molar-refractivity contribution in [3.05, 3.63) is 51.7 Å². The van der Waals surface area contributed by atoms with Crippen LogP contribution < -0.4 is 4.90 Å². The Morgan fingerprint density at radius 2 is 1.78 bits per heavy atom. The van der Waals surface area contributed by atoms with Crippen LogP contribution in [0.4, 0.5) is 10.2 Å². The van der Waals surface area contributed by atoms with Gasteiger partial charge in [-0.15, -0.1) is 0 Å². The van der Waals surface area contributed by atoms with Crippen LogP contribution in [-0.2, 0) is 22.9 Å². The molecule has 0 bridgehead atoms. The fourth-order valence-electron chi connectivity index (χ4n) is 3.97. The smallest absolute Gasteiger partial charge is 0.214 e. The molecule has 0 aliphatic carbocycles. The zero-order valence-electron chi connectivity index (χ0n) is 19.2. The van der Waals surface area contributed by atoms with Gasteiger partial charge in [0.25, 0.3) is 0 Å². The molecule has 32 heavy (non-hydrogen) atoms. The minimum Gasteiger partial charge on any atom is -0.354 e. The van der Waals surface area contributed by atoms with Gasteiger partial charge in [-0.2, -0.15) is 4.31 Å². The number of hydrogen-bond acceptors (Lipinski definition) is 5. The third-order valence-corrected chi connectivity index (χ3v) is 8.18. The van der Waals surface area contributed by atoms with Crippen LogP contribution in [0.2, 0.25) is 5.02 Å². The second-order valence-electron chi connectivity index (χ2n) is 8.42. The molecule has 0 amide bonds. The number of aromatic nitrogens is 2. The van der Waals surface area contributed by atoms with E-state index in [4.69, 9.17) is 21.6 Å². The third kappa shape index (κ3) is 5.41. The summed E-state index contributed by atoms with van der Waals surface area (Å²) in [5, 5.41) is 0.376. The number of nitrogens with zero attached hydrogens (tertiary/aromatic N) is 4. The first-order valence-electron chi connectivity index (χ1n) is 11.2. The second-order valence-corrected chi connectivity index (χ2v) is 10.9. The van der Waals surface area contributed by atoms with Crippen LogP contribution in [0.25, 0.3) is 0 Å². The van der Waals surface area contributed by atoms with Crippen LogP contribution in [0.5, 0.6) is 0 Å². The van der Waals surface area contributed by atoms with E-state index in [1.165, 1.54) is 6.07 Å². The largest absolute Gasteiger partial charge is 0.354 e. The number of sulfonamides is 1. The summed E-state index contributed by atoms with van der Waals surface area (Å²) in [6.07, 6.45) is 1.57. The minimum atomic E-state index is -3.24. The third-order valence-electron chi connectivity index (χ3n) is 5.75. The van der Waals surface area contributed by atoms with Crippen molar-refractivity contribution in [1.29, 1.82) is 0 Å². The highest BCUT2D eigenvalue weighted by Gasteiger charge is 2.29. The van der Waals surface area contributed by atoms with Crippen LogP contribution in [0.3, 0.4) is 0 Å². The summed E-state index contributed by atoms with van der Waals surface area (Å²) in [6.45, 7) is 9.85. The van der Waals surface area contributed by atoms with E-state index in [2.05, 4.69) is 4.90 Å². The lowest BCUT2D eigenvalue weighted by atomic mass is 10.0. The van der Waals surface area contributed by atoms with Crippen LogP contribution in [-0.4, -0.2) is 54.6 Å². The lowest BCUT2D eigenvalue weighted by Gasteiger charge is -2.36. The highest BCUT2D eigenvalue weighted by molar-refractivity contribution is 7.89. The van der Waals surface area contributed by atoms with E-state index in [-0.39, 0.29) is 23.9 Å². The van der Waals surface area contributed by atoms with Crippen molar-refractivity contribution < 1.29 is 12.8 Å². The van der Waals surface area contributed by atoms with Crippen molar-refractivity contribution >= 4 is 27.4 Å². The lowest BCUT2D eigenvalue weighted by molar-refractivity contribution is 0.383. The molecule has 3 rings (SSSR count). The maximum absolute atomic E-state index is 14.6. The van der Waals surface area contributed by atoms with E-state index in [1.807, 2.05) is 27.7 Å². The van der Waals surface area contributed by atoms with Gasteiger partial charge in [-0.1, -0.05) is 45.4 Å². The number of piperazine rings is 1. The topological polar surface area (TPSA) is 66.4 Å². The summed E-state index contributed by atoms with van der Waals surface area (Å²) in [6, 6.07) is 4.69. The van der Waals surface area contributed by atoms with Crippen molar-refractivity contribution in [2.45, 2.75) is 52.9 Å². The molecule has 6 nitrogen and oxygen atoms in total. The van der Waals surface area contributed by atoms with Gasteiger partial charge in [-0.05, 0) is 25.0 Å². The molecular formula is C23H32ClFN4O2S. The van der Waals surface area contributed by atoms with Gasteiger partial charge in [-0.25, -0.2) is 22.8 Å². The predicted molar refractivity (Wildman–Crippen MR) is 128 cm³/mol. The lowest BCUT2D eigenvalue weighted by Crippen LogP contribution is -2.50. The first-order valence-corrected chi connectivity index (χ1v) is 13.2. The van der Waals surface area contributed by atoms with E-state index in [1.54, 1.807) is 16.4 Å². The summed E-state index contributed by atoms with van der Waals surface area (Å²) in [5.41, 5.74) is 2.16. The SMILES string of the molecule is CCCS(=O)(=O)N1CCN(c2nc(C(C)C)nc(CC)c2Cc2c(F)cccc2Cl)CC1. The molecule has 0 atom stereocenters. The Labute approximate surface area is 195 Å². The zero-order chi connectivity index (χ0) is 23.5. The normalized spacial score (nSPS) is 15.5. The number of anilines is 1. The fraction of sp³-hybridized carbons (Fsp3) is 0.565. The summed E-state index contributed by atoms with van der Waals surface area (Å²) >= 11 is 6.33. The monoisotopic (exact) mass is 482 g/mol. The van der Waals surface area contributed by atoms with Gasteiger partial charge >= 0.3 is 0 Å². The highest BCUT2D eigenvalue weighted by Crippen LogP contribution is 2.31. The summed E-state index contributed by atoms with van der Waals surface area (Å²) in [5.74, 6) is 1.44. The molecule has 0 saturated carbocycles. The summed E-state index contributed by atoms with van der Waals surface area (Å²) < 4.78 is 41.1. The number of rotatable bonds is 8. The molecule has 2 heterocycles. The quantitative estimate of drug-likeness (QED) is 0.557. The van der Waals surface area contributed by atoms with Gasteiger partial charge < -0.3 is 4.90 Å². The average Bonchev–Trinajstić information content (AvgIpc) is 2.76. The Morgan fingerprint density at radius 1 is 1.09 bits per heavy atom. The van der Waals surface area contributed by atoms with Crippen LogP contribution in [0, 0.1) is 5.82 Å². The second kappa shape index (κ2) is 10.4. The van der Waals surface area contributed by atoms with Crippen molar-refractivity contribution in [2.24, 2.45) is 0 Å². The van der Waals surface area contributed by atoms with Crippen molar-refractivity contribution in [2.75, 3.05) is 36.8 Å². The van der Waals surface area contributed by atoms with Gasteiger partial charge in [-0.3, -0.25) is 0 Å². The maximum atomic E-state index is 14.6. The summed E-state index contributed by atoms with van der Waals surface area (Å²) in [7, 11) is -3.24. The van der Waals surface area contributed by atoms with Gasteiger partial charge in [0.1, 0.15) is 17.5 Å². The Hall–Kier alpha value is -1.77. The summed E-state index contributed by atoms with van der Waals surface area (Å²) in [4.78, 5) is 11.7. The molecule has 0 spiro atoms. The van der Waals surface area contributed by atoms with E-state index in [9.17, 15) is 12.8 Å². The van der Waals surface area contributed by atoms with E-state index < -0.39 is 10.0 Å². The first-order chi connectivity index (χ1) is 15.2. The van der Waals surface area contributed by atoms with Gasteiger partial charge in [0, 0.05) is 60.4 Å². The van der Waals surface area contributed by atoms with Crippen LogP contribution in [0.1, 0.15) is 62.7 Å². The number of aryl methyl sites for hydroxylation is 1. The zero-order valence-corrected chi connectivity index (χ0v) is 20.8. The molecule has 0 radical (unpaired) electrons. The van der Waals surface area contributed by atoms with E-state index >= 15 is 0 Å². The Kier molecular flexibility index (Phi) is 8.11. The van der Waals surface area contributed by atoms with Gasteiger partial charge in [0.2, 0.25) is 10.0 Å². The number of benzene rings is 1. The highest BCUT2D eigenvalue weighted by atomic mass is 35.5. The standard InChI is InChI=1S/C23H32ClFN4O2S/c1-5-14-32(30,31)29-12-10-28(11-13-29)23-18(15-17-19(24)8-7-9-20(17)25)21(6-2)26-22(27-23)16(3)4/h7-9,16H,5-6,10-15H2,1-4H3.